The summed E-state index contributed by atoms with van der Waals surface area (Å²) in [6.07, 6.45) is 0. The lowest BCUT2D eigenvalue weighted by atomic mass is 10.2. The fourth-order valence-corrected chi connectivity index (χ4v) is 2.74. The van der Waals surface area contributed by atoms with E-state index in [4.69, 9.17) is 17.3 Å². The van der Waals surface area contributed by atoms with Crippen LogP contribution in [0.3, 0.4) is 0 Å². The van der Waals surface area contributed by atoms with Crippen molar-refractivity contribution in [3.63, 3.8) is 0 Å². The van der Waals surface area contributed by atoms with Crippen LogP contribution in [0, 0.1) is 17.0 Å². The molecule has 2 N–H and O–H groups in total. The van der Waals surface area contributed by atoms with Gasteiger partial charge in [0, 0.05) is 10.8 Å². The van der Waals surface area contributed by atoms with Crippen molar-refractivity contribution in [1.29, 1.82) is 0 Å². The monoisotopic (exact) mass is 310 g/mol. The average molecular weight is 311 g/mol. The molecule has 0 aliphatic carbocycles. The average Bonchev–Trinajstić information content (AvgIpc) is 2.36. The van der Waals surface area contributed by atoms with E-state index < -0.39 is 4.92 Å². The number of aromatic nitrogens is 2. The highest BCUT2D eigenvalue weighted by molar-refractivity contribution is 7.98. The van der Waals surface area contributed by atoms with E-state index >= 15 is 0 Å². The molecule has 1 aromatic carbocycles. The molecule has 2 aromatic rings. The first-order valence-corrected chi connectivity index (χ1v) is 6.99. The Balaban J connectivity index is 2.24. The number of hydrogen-bond donors (Lipinski definition) is 1. The molecule has 0 amide bonds. The topological polar surface area (TPSA) is 94.9 Å². The van der Waals surface area contributed by atoms with Gasteiger partial charge in [-0.1, -0.05) is 35.5 Å². The van der Waals surface area contributed by atoms with Crippen LogP contribution in [0.4, 0.5) is 11.6 Å². The number of nitrogens with zero attached hydrogens (tertiary/aromatic N) is 3. The second-order valence-electron chi connectivity index (χ2n) is 3.99. The first-order valence-electron chi connectivity index (χ1n) is 5.63. The van der Waals surface area contributed by atoms with Crippen molar-refractivity contribution in [2.45, 2.75) is 17.7 Å². The molecule has 0 spiro atoms. The second kappa shape index (κ2) is 6.06. The molecule has 0 radical (unpaired) electrons. The lowest BCUT2D eigenvalue weighted by Gasteiger charge is -2.05. The molecule has 1 aromatic heterocycles. The van der Waals surface area contributed by atoms with E-state index in [2.05, 4.69) is 9.97 Å². The van der Waals surface area contributed by atoms with Crippen LogP contribution in [0.15, 0.2) is 29.3 Å². The van der Waals surface area contributed by atoms with Gasteiger partial charge in [0.25, 0.3) is 0 Å². The Morgan fingerprint density at radius 1 is 1.35 bits per heavy atom. The number of rotatable bonds is 4. The van der Waals surface area contributed by atoms with Crippen molar-refractivity contribution in [3.8, 4) is 0 Å². The summed E-state index contributed by atoms with van der Waals surface area (Å²) >= 11 is 7.05. The SMILES string of the molecule is Cc1nc(N)nc(SCc2ccc(Cl)cc2)c1[N+](=O)[O-]. The van der Waals surface area contributed by atoms with Gasteiger partial charge < -0.3 is 5.73 Å². The van der Waals surface area contributed by atoms with Crippen molar-refractivity contribution < 1.29 is 4.92 Å². The number of aryl methyl sites for hydroxylation is 1. The van der Waals surface area contributed by atoms with Crippen LogP contribution < -0.4 is 5.73 Å². The van der Waals surface area contributed by atoms with Crippen LogP contribution in [0.5, 0.6) is 0 Å². The summed E-state index contributed by atoms with van der Waals surface area (Å²) in [5.74, 6) is 0.570. The van der Waals surface area contributed by atoms with Crippen LogP contribution in [-0.2, 0) is 5.75 Å². The molecule has 0 atom stereocenters. The van der Waals surface area contributed by atoms with Gasteiger partial charge in [0.15, 0.2) is 5.03 Å². The molecule has 0 bridgehead atoms. The normalized spacial score (nSPS) is 10.5. The number of nitrogens with two attached hydrogens (primary N) is 1. The highest BCUT2D eigenvalue weighted by Crippen LogP contribution is 2.32. The molecule has 0 aliphatic rings. The molecular formula is C12H11ClN4O2S. The fourth-order valence-electron chi connectivity index (χ4n) is 1.60. The minimum Gasteiger partial charge on any atom is -0.368 e. The van der Waals surface area contributed by atoms with E-state index in [0.717, 1.165) is 5.56 Å². The van der Waals surface area contributed by atoms with Crippen molar-refractivity contribution in [2.24, 2.45) is 0 Å². The van der Waals surface area contributed by atoms with Crippen molar-refractivity contribution in [2.75, 3.05) is 5.73 Å². The van der Waals surface area contributed by atoms with Gasteiger partial charge in [-0.3, -0.25) is 10.1 Å². The number of thioether (sulfide) groups is 1. The zero-order valence-corrected chi connectivity index (χ0v) is 12.1. The third-order valence-electron chi connectivity index (χ3n) is 2.52. The Bertz CT molecular complexity index is 649. The summed E-state index contributed by atoms with van der Waals surface area (Å²) in [6.45, 7) is 1.54. The highest BCUT2D eigenvalue weighted by Gasteiger charge is 2.21. The van der Waals surface area contributed by atoms with E-state index in [1.54, 1.807) is 19.1 Å². The van der Waals surface area contributed by atoms with Crippen molar-refractivity contribution >= 4 is 35.0 Å². The third-order valence-corrected chi connectivity index (χ3v) is 3.80. The summed E-state index contributed by atoms with van der Waals surface area (Å²) in [6, 6.07) is 7.26. The first kappa shape index (κ1) is 14.5. The maximum absolute atomic E-state index is 11.1. The Kier molecular flexibility index (Phi) is 4.41. The van der Waals surface area contributed by atoms with E-state index in [9.17, 15) is 10.1 Å². The molecule has 2 rings (SSSR count). The number of hydrogen-bond acceptors (Lipinski definition) is 6. The smallest absolute Gasteiger partial charge is 0.322 e. The number of benzene rings is 1. The Morgan fingerprint density at radius 2 is 2.00 bits per heavy atom. The Hall–Kier alpha value is -1.86. The van der Waals surface area contributed by atoms with Gasteiger partial charge in [-0.2, -0.15) is 4.98 Å². The fraction of sp³-hybridized carbons (Fsp3) is 0.167. The van der Waals surface area contributed by atoms with Crippen molar-refractivity contribution in [3.05, 3.63) is 50.7 Å². The van der Waals surface area contributed by atoms with Gasteiger partial charge in [0.05, 0.1) is 4.92 Å². The second-order valence-corrected chi connectivity index (χ2v) is 5.39. The summed E-state index contributed by atoms with van der Waals surface area (Å²) in [7, 11) is 0. The number of nitro groups is 1. The number of anilines is 1. The van der Waals surface area contributed by atoms with Crippen LogP contribution in [0.2, 0.25) is 5.02 Å². The van der Waals surface area contributed by atoms with Gasteiger partial charge >= 0.3 is 5.69 Å². The van der Waals surface area contributed by atoms with Crippen LogP contribution in [-0.4, -0.2) is 14.9 Å². The molecule has 0 saturated carbocycles. The minimum atomic E-state index is -0.487. The standard InChI is InChI=1S/C12H11ClN4O2S/c1-7-10(17(18)19)11(16-12(14)15-7)20-6-8-2-4-9(13)5-3-8/h2-5H,6H2,1H3,(H2,14,15,16). The molecule has 6 nitrogen and oxygen atoms in total. The lowest BCUT2D eigenvalue weighted by molar-refractivity contribution is -0.389. The summed E-state index contributed by atoms with van der Waals surface area (Å²) in [5, 5.41) is 12.0. The third kappa shape index (κ3) is 3.37. The van der Waals surface area contributed by atoms with Crippen LogP contribution in [0.1, 0.15) is 11.3 Å². The predicted octanol–water partition coefficient (Wildman–Crippen LogP) is 3.22. The summed E-state index contributed by atoms with van der Waals surface area (Å²) in [4.78, 5) is 18.3. The van der Waals surface area contributed by atoms with Gasteiger partial charge in [-0.05, 0) is 24.6 Å². The molecule has 0 unspecified atom stereocenters. The zero-order valence-electron chi connectivity index (χ0n) is 10.5. The molecule has 0 saturated heterocycles. The zero-order chi connectivity index (χ0) is 14.7. The van der Waals surface area contributed by atoms with Gasteiger partial charge in [-0.25, -0.2) is 4.98 Å². The maximum Gasteiger partial charge on any atom is 0.322 e. The van der Waals surface area contributed by atoms with Crippen LogP contribution in [0.25, 0.3) is 0 Å². The molecule has 104 valence electrons. The Labute approximate surface area is 124 Å². The van der Waals surface area contributed by atoms with E-state index in [-0.39, 0.29) is 22.4 Å². The minimum absolute atomic E-state index is 0.0340. The number of halogens is 1. The van der Waals surface area contributed by atoms with Crippen molar-refractivity contribution in [1.82, 2.24) is 9.97 Å². The highest BCUT2D eigenvalue weighted by atomic mass is 35.5. The molecule has 20 heavy (non-hydrogen) atoms. The molecular weight excluding hydrogens is 300 g/mol. The summed E-state index contributed by atoms with van der Waals surface area (Å²) < 4.78 is 0. The lowest BCUT2D eigenvalue weighted by Crippen LogP contribution is -2.04. The summed E-state index contributed by atoms with van der Waals surface area (Å²) in [5.41, 5.74) is 6.70. The molecule has 0 fully saturated rings. The molecule has 0 aliphatic heterocycles. The van der Waals surface area contributed by atoms with Gasteiger partial charge in [0.2, 0.25) is 5.95 Å². The largest absolute Gasteiger partial charge is 0.368 e. The van der Waals surface area contributed by atoms with Gasteiger partial charge in [0.1, 0.15) is 5.69 Å². The molecule has 8 heteroatoms. The Morgan fingerprint density at radius 3 is 2.60 bits per heavy atom. The van der Waals surface area contributed by atoms with E-state index in [0.29, 0.717) is 10.8 Å². The van der Waals surface area contributed by atoms with Gasteiger partial charge in [-0.15, -0.1) is 0 Å². The van der Waals surface area contributed by atoms with Crippen LogP contribution >= 0.6 is 23.4 Å². The first-order chi connectivity index (χ1) is 9.47. The van der Waals surface area contributed by atoms with E-state index in [1.165, 1.54) is 11.8 Å². The quantitative estimate of drug-likeness (QED) is 0.403. The van der Waals surface area contributed by atoms with E-state index in [1.807, 2.05) is 12.1 Å². The molecule has 1 heterocycles. The predicted molar refractivity (Wildman–Crippen MR) is 78.8 cm³/mol. The number of nitrogen functional groups attached to an aromatic ring is 1. The maximum atomic E-state index is 11.1.